The first-order valence-corrected chi connectivity index (χ1v) is 3.13. The van der Waals surface area contributed by atoms with E-state index < -0.39 is 23.9 Å². The predicted octanol–water partition coefficient (Wildman–Crippen LogP) is 0.642. The number of ketones is 1. The number of carbonyl (C=O) groups is 2. The second-order valence-corrected chi connectivity index (χ2v) is 2.28. The highest BCUT2D eigenvalue weighted by Crippen LogP contribution is 2.17. The lowest BCUT2D eigenvalue weighted by Gasteiger charge is -2.12. The summed E-state index contributed by atoms with van der Waals surface area (Å²) >= 11 is 0. The van der Waals surface area contributed by atoms with E-state index in [-0.39, 0.29) is 0 Å². The van der Waals surface area contributed by atoms with Crippen molar-refractivity contribution in [3.63, 3.8) is 0 Å². The van der Waals surface area contributed by atoms with E-state index in [9.17, 15) is 22.8 Å². The molecule has 70 valence electrons. The zero-order valence-corrected chi connectivity index (χ0v) is 6.53. The van der Waals surface area contributed by atoms with Gasteiger partial charge in [0.05, 0.1) is 6.04 Å². The van der Waals surface area contributed by atoms with Crippen LogP contribution in [0.2, 0.25) is 0 Å². The summed E-state index contributed by atoms with van der Waals surface area (Å²) in [6.07, 6.45) is -4.89. The highest BCUT2D eigenvalue weighted by Gasteiger charge is 2.41. The lowest BCUT2D eigenvalue weighted by atomic mass is 10.2. The summed E-state index contributed by atoms with van der Waals surface area (Å²) in [7, 11) is 0. The fourth-order valence-corrected chi connectivity index (χ4v) is 0.616. The van der Waals surface area contributed by atoms with Gasteiger partial charge in [-0.2, -0.15) is 13.2 Å². The van der Waals surface area contributed by atoms with Crippen LogP contribution in [0, 0.1) is 0 Å². The molecule has 0 unspecified atom stereocenters. The Hall–Kier alpha value is -1.07. The molecule has 0 bridgehead atoms. The summed E-state index contributed by atoms with van der Waals surface area (Å²) in [5.74, 6) is -2.61. The highest BCUT2D eigenvalue weighted by molar-refractivity contribution is 5.91. The van der Waals surface area contributed by atoms with E-state index in [1.54, 1.807) is 0 Å². The van der Waals surface area contributed by atoms with Crippen molar-refractivity contribution in [2.75, 3.05) is 0 Å². The molecule has 0 rings (SSSR count). The number of rotatable bonds is 2. The molecule has 3 nitrogen and oxygen atoms in total. The van der Waals surface area contributed by atoms with Crippen LogP contribution in [0.15, 0.2) is 0 Å². The van der Waals surface area contributed by atoms with Crippen LogP contribution < -0.4 is 5.32 Å². The van der Waals surface area contributed by atoms with Gasteiger partial charge in [-0.05, 0) is 6.92 Å². The van der Waals surface area contributed by atoms with Crippen molar-refractivity contribution in [3.05, 3.63) is 0 Å². The van der Waals surface area contributed by atoms with Gasteiger partial charge in [0.2, 0.25) is 5.91 Å². The van der Waals surface area contributed by atoms with Crippen LogP contribution in [0.4, 0.5) is 13.2 Å². The molecule has 0 aromatic carbocycles. The third-order valence-electron chi connectivity index (χ3n) is 1.09. The lowest BCUT2D eigenvalue weighted by molar-refractivity contribution is -0.173. The number of nitrogens with one attached hydrogen (secondary N) is 1. The first kappa shape index (κ1) is 10.9. The molecular formula is C6H8F3NO2. The monoisotopic (exact) mass is 183 g/mol. The van der Waals surface area contributed by atoms with Crippen molar-refractivity contribution in [2.24, 2.45) is 0 Å². The SMILES string of the molecule is CC(=O)N[C@H](C)C(=O)C(F)(F)F. The third-order valence-corrected chi connectivity index (χ3v) is 1.09. The van der Waals surface area contributed by atoms with Gasteiger partial charge in [0.15, 0.2) is 0 Å². The van der Waals surface area contributed by atoms with E-state index in [1.165, 1.54) is 0 Å². The Morgan fingerprint density at radius 1 is 1.33 bits per heavy atom. The minimum absolute atomic E-state index is 0.667. The van der Waals surface area contributed by atoms with Gasteiger partial charge in [-0.25, -0.2) is 0 Å². The van der Waals surface area contributed by atoms with Crippen LogP contribution in [0.5, 0.6) is 0 Å². The van der Waals surface area contributed by atoms with Crippen molar-refractivity contribution in [1.29, 1.82) is 0 Å². The van der Waals surface area contributed by atoms with E-state index in [0.717, 1.165) is 13.8 Å². The standard InChI is InChI=1S/C6H8F3NO2/c1-3(10-4(2)11)5(12)6(7,8)9/h3H,1-2H3,(H,10,11)/t3-/m1/s1. The number of halogens is 3. The highest BCUT2D eigenvalue weighted by atomic mass is 19.4. The first-order chi connectivity index (χ1) is 5.25. The molecule has 0 fully saturated rings. The van der Waals surface area contributed by atoms with E-state index in [4.69, 9.17) is 0 Å². The number of alkyl halides is 3. The van der Waals surface area contributed by atoms with Crippen molar-refractivity contribution < 1.29 is 22.8 Å². The van der Waals surface area contributed by atoms with Crippen LogP contribution in [0.1, 0.15) is 13.8 Å². The Bertz CT molecular complexity index is 199. The Morgan fingerprint density at radius 3 is 2.00 bits per heavy atom. The molecule has 0 saturated heterocycles. The zero-order valence-electron chi connectivity index (χ0n) is 6.53. The van der Waals surface area contributed by atoms with Gasteiger partial charge < -0.3 is 5.32 Å². The van der Waals surface area contributed by atoms with Gasteiger partial charge in [-0.15, -0.1) is 0 Å². The van der Waals surface area contributed by atoms with Gasteiger partial charge in [0.1, 0.15) is 0 Å². The molecule has 0 aromatic rings. The maximum atomic E-state index is 11.6. The molecule has 1 atom stereocenters. The summed E-state index contributed by atoms with van der Waals surface area (Å²) in [5.41, 5.74) is 0. The molecule has 0 aliphatic carbocycles. The molecule has 1 N–H and O–H groups in total. The maximum absolute atomic E-state index is 11.6. The third kappa shape index (κ3) is 3.36. The Morgan fingerprint density at radius 2 is 1.75 bits per heavy atom. The second-order valence-electron chi connectivity index (χ2n) is 2.28. The number of amides is 1. The van der Waals surface area contributed by atoms with Gasteiger partial charge in [-0.3, -0.25) is 9.59 Å². The maximum Gasteiger partial charge on any atom is 0.452 e. The molecule has 1 amide bonds. The number of hydrogen-bond acceptors (Lipinski definition) is 2. The molecule has 12 heavy (non-hydrogen) atoms. The smallest absolute Gasteiger partial charge is 0.346 e. The summed E-state index contributed by atoms with van der Waals surface area (Å²) in [5, 5.41) is 1.84. The van der Waals surface area contributed by atoms with Crippen LogP contribution >= 0.6 is 0 Å². The lowest BCUT2D eigenvalue weighted by Crippen LogP contribution is -2.43. The number of carbonyl (C=O) groups excluding carboxylic acids is 2. The number of hydrogen-bond donors (Lipinski definition) is 1. The fraction of sp³-hybridized carbons (Fsp3) is 0.667. The summed E-state index contributed by atoms with van der Waals surface area (Å²) < 4.78 is 34.9. The molecule has 0 radical (unpaired) electrons. The molecule has 0 aromatic heterocycles. The summed E-state index contributed by atoms with van der Waals surface area (Å²) in [4.78, 5) is 20.6. The van der Waals surface area contributed by atoms with E-state index in [0.29, 0.717) is 0 Å². The quantitative estimate of drug-likeness (QED) is 0.682. The van der Waals surface area contributed by atoms with Crippen molar-refractivity contribution in [2.45, 2.75) is 26.1 Å². The molecule has 0 spiro atoms. The van der Waals surface area contributed by atoms with E-state index in [1.807, 2.05) is 5.32 Å². The van der Waals surface area contributed by atoms with Gasteiger partial charge in [-0.1, -0.05) is 0 Å². The summed E-state index contributed by atoms with van der Waals surface area (Å²) in [6.45, 7) is 2.03. The van der Waals surface area contributed by atoms with Crippen molar-refractivity contribution >= 4 is 11.7 Å². The van der Waals surface area contributed by atoms with E-state index in [2.05, 4.69) is 0 Å². The van der Waals surface area contributed by atoms with Crippen LogP contribution in [0.3, 0.4) is 0 Å². The Balaban J connectivity index is 4.21. The minimum atomic E-state index is -4.89. The average Bonchev–Trinajstić information content (AvgIpc) is 1.82. The molecular weight excluding hydrogens is 175 g/mol. The van der Waals surface area contributed by atoms with Gasteiger partial charge >= 0.3 is 6.18 Å². The van der Waals surface area contributed by atoms with Crippen molar-refractivity contribution in [3.8, 4) is 0 Å². The average molecular weight is 183 g/mol. The van der Waals surface area contributed by atoms with Crippen LogP contribution in [0.25, 0.3) is 0 Å². The zero-order chi connectivity index (χ0) is 9.94. The van der Waals surface area contributed by atoms with Crippen molar-refractivity contribution in [1.82, 2.24) is 5.32 Å². The normalized spacial score (nSPS) is 13.8. The van der Waals surface area contributed by atoms with Gasteiger partial charge in [0.25, 0.3) is 5.78 Å². The fourth-order valence-electron chi connectivity index (χ4n) is 0.616. The summed E-state index contributed by atoms with van der Waals surface area (Å²) in [6, 6.07) is -1.51. The van der Waals surface area contributed by atoms with Crippen LogP contribution in [-0.4, -0.2) is 23.9 Å². The van der Waals surface area contributed by atoms with Gasteiger partial charge in [0, 0.05) is 6.92 Å². The topological polar surface area (TPSA) is 46.2 Å². The molecule has 0 saturated carbocycles. The Kier molecular flexibility index (Phi) is 3.24. The molecule has 0 aliphatic rings. The number of Topliss-reactive ketones (excluding diaryl/α,β-unsaturated/α-hetero) is 1. The van der Waals surface area contributed by atoms with E-state index >= 15 is 0 Å². The molecule has 0 heterocycles. The molecule has 6 heteroatoms. The minimum Gasteiger partial charge on any atom is -0.346 e. The predicted molar refractivity (Wildman–Crippen MR) is 34.3 cm³/mol. The Labute approximate surface area is 66.9 Å². The second kappa shape index (κ2) is 3.55. The largest absolute Gasteiger partial charge is 0.452 e. The first-order valence-electron chi connectivity index (χ1n) is 3.13. The van der Waals surface area contributed by atoms with Crippen LogP contribution in [-0.2, 0) is 9.59 Å². The molecule has 0 aliphatic heterocycles.